The average Bonchev–Trinajstić information content (AvgIpc) is 3.39. The molecule has 1 aliphatic heterocycles. The Morgan fingerprint density at radius 3 is 1.35 bits per heavy atom. The summed E-state index contributed by atoms with van der Waals surface area (Å²) in [4.78, 5) is 51.0. The number of hydrogen-bond donors (Lipinski definition) is 3. The summed E-state index contributed by atoms with van der Waals surface area (Å²) < 4.78 is 28.3. The molecule has 0 aliphatic carbocycles. The van der Waals surface area contributed by atoms with Gasteiger partial charge in [-0.05, 0) is 70.6 Å². The molecule has 0 aromatic carbocycles. The molecular formula is C63H106O12. The summed E-state index contributed by atoms with van der Waals surface area (Å²) in [6.07, 6.45) is 51.9. The van der Waals surface area contributed by atoms with E-state index in [2.05, 4.69) is 69.4 Å². The van der Waals surface area contributed by atoms with Crippen LogP contribution in [-0.2, 0) is 42.9 Å². The highest BCUT2D eigenvalue weighted by atomic mass is 16.7. The third-order valence-corrected chi connectivity index (χ3v) is 13.3. The molecule has 0 aromatic heterocycles. The summed E-state index contributed by atoms with van der Waals surface area (Å²) in [5.74, 6) is -3.28. The van der Waals surface area contributed by atoms with E-state index in [1.54, 1.807) is 12.2 Å². The maximum Gasteiger partial charge on any atom is 0.335 e. The number of ether oxygens (including phenoxy) is 5. The molecule has 1 fully saturated rings. The van der Waals surface area contributed by atoms with E-state index in [-0.39, 0.29) is 25.9 Å². The lowest BCUT2D eigenvalue weighted by Gasteiger charge is -2.40. The van der Waals surface area contributed by atoms with Crippen LogP contribution in [0.4, 0.5) is 0 Å². The van der Waals surface area contributed by atoms with E-state index in [0.717, 1.165) is 83.5 Å². The van der Waals surface area contributed by atoms with Gasteiger partial charge in [-0.2, -0.15) is 0 Å². The molecule has 3 N–H and O–H groups in total. The zero-order chi connectivity index (χ0) is 54.7. The van der Waals surface area contributed by atoms with Crippen molar-refractivity contribution in [1.82, 2.24) is 0 Å². The fourth-order valence-corrected chi connectivity index (χ4v) is 8.73. The Morgan fingerprint density at radius 2 is 0.880 bits per heavy atom. The second kappa shape index (κ2) is 50.9. The molecule has 1 rings (SSSR count). The number of carbonyl (C=O) groups is 4. The first-order chi connectivity index (χ1) is 36.6. The van der Waals surface area contributed by atoms with Crippen LogP contribution in [-0.4, -0.2) is 89.2 Å². The van der Waals surface area contributed by atoms with Gasteiger partial charge in [0.2, 0.25) is 0 Å². The van der Waals surface area contributed by atoms with E-state index in [9.17, 15) is 34.5 Å². The van der Waals surface area contributed by atoms with Crippen molar-refractivity contribution in [3.63, 3.8) is 0 Å². The lowest BCUT2D eigenvalue weighted by molar-refractivity contribution is -0.301. The number of aliphatic hydroxyl groups is 2. The number of esters is 3. The number of allylic oxidation sites excluding steroid dienone is 11. The van der Waals surface area contributed by atoms with Crippen molar-refractivity contribution in [3.8, 4) is 0 Å². The number of aliphatic carboxylic acids is 1. The van der Waals surface area contributed by atoms with Gasteiger partial charge < -0.3 is 39.0 Å². The summed E-state index contributed by atoms with van der Waals surface area (Å²) in [6.45, 7) is 5.83. The molecule has 0 saturated carbocycles. The van der Waals surface area contributed by atoms with Crippen molar-refractivity contribution in [2.45, 2.75) is 289 Å². The number of aliphatic hydroxyl groups excluding tert-OH is 2. The Labute approximate surface area is 455 Å². The third kappa shape index (κ3) is 41.0. The van der Waals surface area contributed by atoms with Gasteiger partial charge in [0.1, 0.15) is 18.8 Å². The fourth-order valence-electron chi connectivity index (χ4n) is 8.73. The molecule has 6 atom stereocenters. The number of carboxylic acid groups (broad SMARTS) is 1. The van der Waals surface area contributed by atoms with Gasteiger partial charge in [0.25, 0.3) is 0 Å². The Kier molecular flexibility index (Phi) is 47.0. The number of carboxylic acids is 1. The molecule has 0 bridgehead atoms. The predicted octanol–water partition coefficient (Wildman–Crippen LogP) is 15.3. The van der Waals surface area contributed by atoms with Gasteiger partial charge in [-0.15, -0.1) is 0 Å². The van der Waals surface area contributed by atoms with E-state index < -0.39 is 67.3 Å². The van der Waals surface area contributed by atoms with Crippen LogP contribution in [0, 0.1) is 0 Å². The van der Waals surface area contributed by atoms with Gasteiger partial charge in [0.15, 0.2) is 24.6 Å². The molecule has 0 amide bonds. The third-order valence-electron chi connectivity index (χ3n) is 13.3. The van der Waals surface area contributed by atoms with E-state index in [1.165, 1.54) is 109 Å². The number of hydrogen-bond acceptors (Lipinski definition) is 11. The quantitative estimate of drug-likeness (QED) is 0.0228. The first-order valence-corrected chi connectivity index (χ1v) is 29.9. The normalized spacial score (nSPS) is 18.7. The second-order valence-electron chi connectivity index (χ2n) is 20.3. The number of unbranched alkanes of at least 4 members (excludes halogenated alkanes) is 25. The molecule has 1 saturated heterocycles. The van der Waals surface area contributed by atoms with Gasteiger partial charge in [-0.3, -0.25) is 14.4 Å². The van der Waals surface area contributed by atoms with Gasteiger partial charge in [0.05, 0.1) is 13.0 Å². The molecule has 0 spiro atoms. The highest BCUT2D eigenvalue weighted by Crippen LogP contribution is 2.26. The number of carbonyl (C=O) groups excluding carboxylic acids is 3. The SMILES string of the molecule is CC/C=C\C/C=C\C/C=C\C/C=C\C/C=C\CC(=O)OC1C(OCC(COC(=O)CCCCCCCCCCCCCCCCCCC)OC(=O)CCCCCCC/C=C\CCCCCC)OC(C(=O)O)C(O)C1O. The van der Waals surface area contributed by atoms with Crippen molar-refractivity contribution < 1.29 is 58.2 Å². The molecule has 12 nitrogen and oxygen atoms in total. The van der Waals surface area contributed by atoms with Crippen molar-refractivity contribution in [3.05, 3.63) is 72.9 Å². The molecule has 12 heteroatoms. The van der Waals surface area contributed by atoms with Crippen LogP contribution in [0.1, 0.15) is 252 Å². The van der Waals surface area contributed by atoms with Crippen LogP contribution in [0.25, 0.3) is 0 Å². The molecule has 0 aromatic rings. The summed E-state index contributed by atoms with van der Waals surface area (Å²) in [6, 6.07) is 0. The molecule has 1 heterocycles. The summed E-state index contributed by atoms with van der Waals surface area (Å²) in [5, 5.41) is 31.4. The lowest BCUT2D eigenvalue weighted by atomic mass is 9.98. The minimum absolute atomic E-state index is 0.142. The molecular weight excluding hydrogens is 949 g/mol. The zero-order valence-corrected chi connectivity index (χ0v) is 47.3. The van der Waals surface area contributed by atoms with Crippen molar-refractivity contribution in [2.24, 2.45) is 0 Å². The van der Waals surface area contributed by atoms with Gasteiger partial charge in [-0.1, -0.05) is 235 Å². The minimum Gasteiger partial charge on any atom is -0.479 e. The molecule has 75 heavy (non-hydrogen) atoms. The van der Waals surface area contributed by atoms with Gasteiger partial charge in [-0.25, -0.2) is 4.79 Å². The van der Waals surface area contributed by atoms with E-state index >= 15 is 0 Å². The average molecular weight is 1060 g/mol. The Bertz CT molecular complexity index is 1580. The lowest BCUT2D eigenvalue weighted by Crippen LogP contribution is -2.61. The summed E-state index contributed by atoms with van der Waals surface area (Å²) in [7, 11) is 0. The van der Waals surface area contributed by atoms with E-state index in [4.69, 9.17) is 23.7 Å². The van der Waals surface area contributed by atoms with Crippen molar-refractivity contribution in [1.29, 1.82) is 0 Å². The molecule has 0 radical (unpaired) electrons. The molecule has 6 unspecified atom stereocenters. The van der Waals surface area contributed by atoms with E-state index in [0.29, 0.717) is 19.3 Å². The molecule has 430 valence electrons. The van der Waals surface area contributed by atoms with E-state index in [1.807, 2.05) is 12.2 Å². The maximum absolute atomic E-state index is 13.1. The Hall–Kier alpha value is -3.84. The van der Waals surface area contributed by atoms with Gasteiger partial charge in [0, 0.05) is 12.8 Å². The Morgan fingerprint density at radius 1 is 0.467 bits per heavy atom. The number of rotatable bonds is 50. The largest absolute Gasteiger partial charge is 0.479 e. The summed E-state index contributed by atoms with van der Waals surface area (Å²) >= 11 is 0. The van der Waals surface area contributed by atoms with Crippen LogP contribution < -0.4 is 0 Å². The van der Waals surface area contributed by atoms with Crippen LogP contribution in [0.3, 0.4) is 0 Å². The highest BCUT2D eigenvalue weighted by Gasteiger charge is 2.50. The minimum atomic E-state index is -1.94. The molecule has 1 aliphatic rings. The standard InChI is InChI=1S/C63H106O12/c1-4-7-10-13-16-19-22-25-27-28-30-32-34-37-40-43-46-49-55(64)71-52-54(73-56(65)50-47-44-41-38-35-31-24-21-18-15-12-9-6-3)53-72-63-61(59(68)58(67)60(75-63)62(69)70)74-57(66)51-48-45-42-39-36-33-29-26-23-20-17-14-11-8-5-2/h8,11,17,20-21,24,26,29,36,39,45,48,54,58-61,63,67-68H,4-7,9-10,12-16,18-19,22-23,25,27-28,30-35,37-38,40-44,46-47,49-53H2,1-3H3,(H,69,70)/b11-8-,20-17-,24-21-,29-26-,39-36-,48-45-. The monoisotopic (exact) mass is 1050 g/mol. The zero-order valence-electron chi connectivity index (χ0n) is 47.3. The highest BCUT2D eigenvalue weighted by molar-refractivity contribution is 5.74. The maximum atomic E-state index is 13.1. The summed E-state index contributed by atoms with van der Waals surface area (Å²) in [5.41, 5.74) is 0. The van der Waals surface area contributed by atoms with Crippen LogP contribution in [0.5, 0.6) is 0 Å². The van der Waals surface area contributed by atoms with Crippen LogP contribution in [0.2, 0.25) is 0 Å². The topological polar surface area (TPSA) is 175 Å². The predicted molar refractivity (Wildman–Crippen MR) is 303 cm³/mol. The van der Waals surface area contributed by atoms with Gasteiger partial charge >= 0.3 is 23.9 Å². The van der Waals surface area contributed by atoms with Crippen molar-refractivity contribution >= 4 is 23.9 Å². The van der Waals surface area contributed by atoms with Crippen molar-refractivity contribution in [2.75, 3.05) is 13.2 Å². The smallest absolute Gasteiger partial charge is 0.335 e. The van der Waals surface area contributed by atoms with Crippen LogP contribution in [0.15, 0.2) is 72.9 Å². The first-order valence-electron chi connectivity index (χ1n) is 29.9. The van der Waals surface area contributed by atoms with Crippen LogP contribution >= 0.6 is 0 Å². The Balaban J connectivity index is 2.72. The fraction of sp³-hybridized carbons (Fsp3) is 0.746. The second-order valence-corrected chi connectivity index (χ2v) is 20.3. The first kappa shape index (κ1) is 69.2.